The Morgan fingerprint density at radius 3 is 2.59 bits per heavy atom. The molecule has 0 bridgehead atoms. The van der Waals surface area contributed by atoms with E-state index < -0.39 is 5.50 Å². The standard InChI is InChI=1S/C27H20ClFN2O2S/c28-19-12-9-17(10-13-19)16-33-24-14-11-18-5-1-2-6-20(18)21(24)15-25-26(32)31-27(34-25)30-23-8-4-3-7-22(23)29/h1-15,27,30H,16H2,(H,31,32)/b25-15-. The van der Waals surface area contributed by atoms with Gasteiger partial charge < -0.3 is 15.4 Å². The number of halogens is 2. The number of para-hydroxylation sites is 1. The van der Waals surface area contributed by atoms with E-state index >= 15 is 0 Å². The van der Waals surface area contributed by atoms with Crippen LogP contribution in [0.15, 0.2) is 89.8 Å². The van der Waals surface area contributed by atoms with Crippen LogP contribution in [0.1, 0.15) is 11.1 Å². The maximum Gasteiger partial charge on any atom is 0.260 e. The first-order chi connectivity index (χ1) is 16.6. The molecule has 1 heterocycles. The van der Waals surface area contributed by atoms with Crippen molar-refractivity contribution >= 4 is 51.8 Å². The minimum Gasteiger partial charge on any atom is -0.488 e. The Labute approximate surface area is 205 Å². The van der Waals surface area contributed by atoms with Gasteiger partial charge in [0.2, 0.25) is 0 Å². The lowest BCUT2D eigenvalue weighted by molar-refractivity contribution is -0.116. The molecular weight excluding hydrogens is 471 g/mol. The van der Waals surface area contributed by atoms with Gasteiger partial charge in [0, 0.05) is 10.6 Å². The predicted molar refractivity (Wildman–Crippen MR) is 137 cm³/mol. The Bertz CT molecular complexity index is 1390. The van der Waals surface area contributed by atoms with Gasteiger partial charge in [-0.15, -0.1) is 0 Å². The molecule has 2 N–H and O–H groups in total. The summed E-state index contributed by atoms with van der Waals surface area (Å²) in [7, 11) is 0. The summed E-state index contributed by atoms with van der Waals surface area (Å²) in [5.41, 5.74) is 1.65. The third-order valence-corrected chi connectivity index (χ3v) is 6.69. The van der Waals surface area contributed by atoms with E-state index in [2.05, 4.69) is 10.6 Å². The predicted octanol–water partition coefficient (Wildman–Crippen LogP) is 6.81. The first kappa shape index (κ1) is 22.3. The average Bonchev–Trinajstić information content (AvgIpc) is 3.19. The fraction of sp³-hybridized carbons (Fsp3) is 0.0741. The van der Waals surface area contributed by atoms with Gasteiger partial charge in [0.1, 0.15) is 18.2 Å². The molecule has 0 radical (unpaired) electrons. The number of hydrogen-bond acceptors (Lipinski definition) is 4. The molecule has 4 nitrogen and oxygen atoms in total. The maximum atomic E-state index is 14.0. The summed E-state index contributed by atoms with van der Waals surface area (Å²) in [6.07, 6.45) is 1.84. The molecular formula is C27H20ClFN2O2S. The Morgan fingerprint density at radius 2 is 1.76 bits per heavy atom. The Morgan fingerprint density at radius 1 is 1.00 bits per heavy atom. The molecule has 170 valence electrons. The van der Waals surface area contributed by atoms with Crippen molar-refractivity contribution in [1.29, 1.82) is 0 Å². The van der Waals surface area contributed by atoms with Crippen LogP contribution in [-0.2, 0) is 11.4 Å². The van der Waals surface area contributed by atoms with Crippen molar-refractivity contribution in [2.24, 2.45) is 0 Å². The number of benzene rings is 4. The van der Waals surface area contributed by atoms with Crippen LogP contribution in [0.4, 0.5) is 10.1 Å². The Kier molecular flexibility index (Phi) is 6.43. The minimum atomic E-state index is -0.482. The molecule has 0 saturated carbocycles. The van der Waals surface area contributed by atoms with Crippen LogP contribution in [0.5, 0.6) is 5.75 Å². The van der Waals surface area contributed by atoms with E-state index in [1.165, 1.54) is 17.8 Å². The van der Waals surface area contributed by atoms with Gasteiger partial charge in [0.25, 0.3) is 5.91 Å². The van der Waals surface area contributed by atoms with Crippen LogP contribution in [0.25, 0.3) is 16.8 Å². The Balaban J connectivity index is 1.44. The molecule has 1 aliphatic rings. The summed E-state index contributed by atoms with van der Waals surface area (Å²) in [6.45, 7) is 0.364. The van der Waals surface area contributed by atoms with Gasteiger partial charge in [0.05, 0.1) is 10.6 Å². The largest absolute Gasteiger partial charge is 0.488 e. The molecule has 0 aliphatic carbocycles. The lowest BCUT2D eigenvalue weighted by Crippen LogP contribution is -2.31. The number of amides is 1. The second kappa shape index (κ2) is 9.79. The first-order valence-electron chi connectivity index (χ1n) is 10.7. The number of rotatable bonds is 6. The van der Waals surface area contributed by atoms with Gasteiger partial charge in [-0.2, -0.15) is 0 Å². The zero-order chi connectivity index (χ0) is 23.5. The molecule has 4 aromatic carbocycles. The summed E-state index contributed by atoms with van der Waals surface area (Å²) in [5.74, 6) is 0.0669. The van der Waals surface area contributed by atoms with Crippen LogP contribution < -0.4 is 15.4 Å². The topological polar surface area (TPSA) is 50.4 Å². The number of nitrogens with one attached hydrogen (secondary N) is 2. The van der Waals surface area contributed by atoms with Gasteiger partial charge in [-0.3, -0.25) is 4.79 Å². The molecule has 4 aromatic rings. The fourth-order valence-corrected chi connectivity index (χ4v) is 4.79. The normalized spacial score (nSPS) is 16.6. The molecule has 1 saturated heterocycles. The molecule has 5 rings (SSSR count). The molecule has 1 unspecified atom stereocenters. The lowest BCUT2D eigenvalue weighted by Gasteiger charge is -2.13. The quantitative estimate of drug-likeness (QED) is 0.291. The van der Waals surface area contributed by atoms with Crippen LogP contribution in [0.3, 0.4) is 0 Å². The van der Waals surface area contributed by atoms with Crippen molar-refractivity contribution in [3.63, 3.8) is 0 Å². The van der Waals surface area contributed by atoms with Gasteiger partial charge in [-0.05, 0) is 52.7 Å². The number of fused-ring (bicyclic) bond motifs is 1. The molecule has 1 fully saturated rings. The summed E-state index contributed by atoms with van der Waals surface area (Å²) < 4.78 is 20.2. The monoisotopic (exact) mass is 490 g/mol. The number of ether oxygens (including phenoxy) is 1. The van der Waals surface area contributed by atoms with Crippen molar-refractivity contribution in [2.45, 2.75) is 12.1 Å². The SMILES string of the molecule is O=C1NC(Nc2ccccc2F)S/C1=C\c1c(OCc2ccc(Cl)cc2)ccc2ccccc12. The summed E-state index contributed by atoms with van der Waals surface area (Å²) in [4.78, 5) is 13.3. The first-order valence-corrected chi connectivity index (χ1v) is 11.9. The number of hydrogen-bond donors (Lipinski definition) is 2. The minimum absolute atomic E-state index is 0.226. The lowest BCUT2D eigenvalue weighted by atomic mass is 10.0. The van der Waals surface area contributed by atoms with E-state index in [1.807, 2.05) is 66.7 Å². The van der Waals surface area contributed by atoms with Crippen molar-refractivity contribution in [3.8, 4) is 5.75 Å². The second-order valence-electron chi connectivity index (χ2n) is 7.72. The molecule has 1 amide bonds. The highest BCUT2D eigenvalue weighted by Crippen LogP contribution is 2.36. The number of thioether (sulfide) groups is 1. The summed E-state index contributed by atoms with van der Waals surface area (Å²) in [5, 5.41) is 8.57. The van der Waals surface area contributed by atoms with E-state index in [1.54, 1.807) is 18.2 Å². The zero-order valence-corrected chi connectivity index (χ0v) is 19.5. The number of carbonyl (C=O) groups is 1. The Hall–Kier alpha value is -3.48. The third-order valence-electron chi connectivity index (χ3n) is 5.40. The van der Waals surface area contributed by atoms with E-state index in [9.17, 15) is 9.18 Å². The van der Waals surface area contributed by atoms with Crippen LogP contribution in [0, 0.1) is 5.82 Å². The molecule has 0 aromatic heterocycles. The van der Waals surface area contributed by atoms with Crippen molar-refractivity contribution in [2.75, 3.05) is 5.32 Å². The van der Waals surface area contributed by atoms with E-state index in [0.717, 1.165) is 21.9 Å². The maximum absolute atomic E-state index is 14.0. The molecule has 1 aliphatic heterocycles. The fourth-order valence-electron chi connectivity index (χ4n) is 3.71. The highest BCUT2D eigenvalue weighted by Gasteiger charge is 2.28. The second-order valence-corrected chi connectivity index (χ2v) is 9.30. The van der Waals surface area contributed by atoms with E-state index in [-0.39, 0.29) is 11.7 Å². The van der Waals surface area contributed by atoms with Crippen molar-refractivity contribution in [1.82, 2.24) is 5.32 Å². The van der Waals surface area contributed by atoms with Crippen LogP contribution >= 0.6 is 23.4 Å². The van der Waals surface area contributed by atoms with Crippen molar-refractivity contribution in [3.05, 3.63) is 112 Å². The van der Waals surface area contributed by atoms with Gasteiger partial charge in [-0.1, -0.05) is 78.0 Å². The highest BCUT2D eigenvalue weighted by molar-refractivity contribution is 8.05. The van der Waals surface area contributed by atoms with E-state index in [0.29, 0.717) is 28.0 Å². The highest BCUT2D eigenvalue weighted by atomic mass is 35.5. The van der Waals surface area contributed by atoms with Gasteiger partial charge >= 0.3 is 0 Å². The van der Waals surface area contributed by atoms with Gasteiger partial charge in [-0.25, -0.2) is 4.39 Å². The zero-order valence-electron chi connectivity index (χ0n) is 17.9. The van der Waals surface area contributed by atoms with E-state index in [4.69, 9.17) is 16.3 Å². The van der Waals surface area contributed by atoms with Crippen LogP contribution in [-0.4, -0.2) is 11.4 Å². The van der Waals surface area contributed by atoms with Crippen molar-refractivity contribution < 1.29 is 13.9 Å². The molecule has 34 heavy (non-hydrogen) atoms. The van der Waals surface area contributed by atoms with Crippen LogP contribution in [0.2, 0.25) is 5.02 Å². The average molecular weight is 491 g/mol. The smallest absolute Gasteiger partial charge is 0.260 e. The number of anilines is 1. The number of carbonyl (C=O) groups excluding carboxylic acids is 1. The third kappa shape index (κ3) is 4.88. The molecule has 7 heteroatoms. The van der Waals surface area contributed by atoms with Gasteiger partial charge in [0.15, 0.2) is 5.50 Å². The summed E-state index contributed by atoms with van der Waals surface area (Å²) in [6, 6.07) is 25.7. The molecule has 1 atom stereocenters. The summed E-state index contributed by atoms with van der Waals surface area (Å²) >= 11 is 7.29. The molecule has 0 spiro atoms.